The number of aromatic nitrogens is 1. The SMILES string of the molecule is NCc1coc(-c2ccc(Br)cc2Cl)n1. The van der Waals surface area contributed by atoms with Crippen LogP contribution in [0, 0.1) is 0 Å². The van der Waals surface area contributed by atoms with Gasteiger partial charge in [-0.1, -0.05) is 27.5 Å². The van der Waals surface area contributed by atoms with Crippen molar-refractivity contribution in [2.75, 3.05) is 0 Å². The molecule has 0 saturated carbocycles. The third-order valence-corrected chi connectivity index (χ3v) is 2.73. The van der Waals surface area contributed by atoms with E-state index in [4.69, 9.17) is 21.8 Å². The van der Waals surface area contributed by atoms with Gasteiger partial charge in [-0.2, -0.15) is 0 Å². The summed E-state index contributed by atoms with van der Waals surface area (Å²) in [6.07, 6.45) is 1.54. The first-order valence-electron chi connectivity index (χ1n) is 4.30. The summed E-state index contributed by atoms with van der Waals surface area (Å²) in [6.45, 7) is 0.359. The quantitative estimate of drug-likeness (QED) is 0.922. The molecule has 78 valence electrons. The van der Waals surface area contributed by atoms with E-state index in [1.807, 2.05) is 12.1 Å². The average Bonchev–Trinajstić information content (AvgIpc) is 2.66. The van der Waals surface area contributed by atoms with Crippen LogP contribution in [0.25, 0.3) is 11.5 Å². The molecule has 0 aliphatic heterocycles. The van der Waals surface area contributed by atoms with Crippen LogP contribution in [0.4, 0.5) is 0 Å². The molecule has 1 aromatic heterocycles. The highest BCUT2D eigenvalue weighted by Gasteiger charge is 2.09. The second-order valence-electron chi connectivity index (χ2n) is 2.97. The lowest BCUT2D eigenvalue weighted by molar-refractivity contribution is 0.572. The first kappa shape index (κ1) is 10.7. The number of oxazole rings is 1. The van der Waals surface area contributed by atoms with E-state index in [2.05, 4.69) is 20.9 Å². The molecule has 15 heavy (non-hydrogen) atoms. The van der Waals surface area contributed by atoms with Crippen LogP contribution < -0.4 is 5.73 Å². The molecule has 3 nitrogen and oxygen atoms in total. The Hall–Kier alpha value is -0.840. The van der Waals surface area contributed by atoms with Crippen molar-refractivity contribution < 1.29 is 4.42 Å². The van der Waals surface area contributed by atoms with Crippen LogP contribution in [0.5, 0.6) is 0 Å². The molecule has 0 aliphatic carbocycles. The maximum absolute atomic E-state index is 6.06. The maximum atomic E-state index is 6.06. The van der Waals surface area contributed by atoms with Crippen molar-refractivity contribution in [3.05, 3.63) is 39.7 Å². The van der Waals surface area contributed by atoms with Crippen LogP contribution in [-0.4, -0.2) is 4.98 Å². The summed E-state index contributed by atoms with van der Waals surface area (Å²) in [5, 5.41) is 0.592. The summed E-state index contributed by atoms with van der Waals surface area (Å²) in [5.74, 6) is 0.493. The van der Waals surface area contributed by atoms with Crippen molar-refractivity contribution in [1.29, 1.82) is 0 Å². The van der Waals surface area contributed by atoms with Crippen molar-refractivity contribution in [3.8, 4) is 11.5 Å². The van der Waals surface area contributed by atoms with Gasteiger partial charge in [0.15, 0.2) is 0 Å². The van der Waals surface area contributed by atoms with Gasteiger partial charge in [0.25, 0.3) is 0 Å². The second kappa shape index (κ2) is 4.35. The smallest absolute Gasteiger partial charge is 0.227 e. The second-order valence-corrected chi connectivity index (χ2v) is 4.30. The van der Waals surface area contributed by atoms with Crippen molar-refractivity contribution >= 4 is 27.5 Å². The molecule has 0 amide bonds. The number of hydrogen-bond donors (Lipinski definition) is 1. The monoisotopic (exact) mass is 286 g/mol. The van der Waals surface area contributed by atoms with Crippen LogP contribution in [0.1, 0.15) is 5.69 Å². The van der Waals surface area contributed by atoms with Gasteiger partial charge < -0.3 is 10.2 Å². The van der Waals surface area contributed by atoms with Crippen molar-refractivity contribution in [2.24, 2.45) is 5.73 Å². The standard InChI is InChI=1S/C10H8BrClN2O/c11-6-1-2-8(9(12)3-6)10-14-7(4-13)5-15-10/h1-3,5H,4,13H2. The Morgan fingerprint density at radius 1 is 1.47 bits per heavy atom. The topological polar surface area (TPSA) is 52.0 Å². The zero-order valence-corrected chi connectivity index (χ0v) is 10.0. The molecule has 5 heteroatoms. The van der Waals surface area contributed by atoms with Gasteiger partial charge in [0.2, 0.25) is 5.89 Å². The molecule has 0 radical (unpaired) electrons. The normalized spacial score (nSPS) is 10.6. The van der Waals surface area contributed by atoms with Crippen LogP contribution >= 0.6 is 27.5 Å². The Kier molecular flexibility index (Phi) is 3.09. The number of rotatable bonds is 2. The van der Waals surface area contributed by atoms with Crippen molar-refractivity contribution in [2.45, 2.75) is 6.54 Å². The summed E-state index contributed by atoms with van der Waals surface area (Å²) < 4.78 is 6.19. The van der Waals surface area contributed by atoms with E-state index in [0.717, 1.165) is 10.0 Å². The van der Waals surface area contributed by atoms with Gasteiger partial charge in [0.1, 0.15) is 6.26 Å². The molecule has 0 fully saturated rings. The van der Waals surface area contributed by atoms with Crippen molar-refractivity contribution in [3.63, 3.8) is 0 Å². The fraction of sp³-hybridized carbons (Fsp3) is 0.100. The lowest BCUT2D eigenvalue weighted by atomic mass is 10.2. The molecular formula is C10H8BrClN2O. The van der Waals surface area contributed by atoms with E-state index in [-0.39, 0.29) is 0 Å². The molecule has 0 spiro atoms. The minimum absolute atomic E-state index is 0.359. The van der Waals surface area contributed by atoms with Gasteiger partial charge in [0.05, 0.1) is 16.3 Å². The molecule has 2 aromatic rings. The van der Waals surface area contributed by atoms with E-state index in [1.165, 1.54) is 6.26 Å². The Balaban J connectivity index is 2.44. The molecule has 0 aliphatic rings. The van der Waals surface area contributed by atoms with E-state index < -0.39 is 0 Å². The van der Waals surface area contributed by atoms with E-state index in [9.17, 15) is 0 Å². The third kappa shape index (κ3) is 2.22. The molecule has 2 rings (SSSR count). The first-order chi connectivity index (χ1) is 7.20. The fourth-order valence-corrected chi connectivity index (χ4v) is 1.94. The largest absolute Gasteiger partial charge is 0.444 e. The summed E-state index contributed by atoms with van der Waals surface area (Å²) >= 11 is 9.39. The zero-order chi connectivity index (χ0) is 10.8. The molecular weight excluding hydrogens is 279 g/mol. The number of nitrogens with two attached hydrogens (primary N) is 1. The van der Waals surface area contributed by atoms with Crippen LogP contribution in [0.2, 0.25) is 5.02 Å². The van der Waals surface area contributed by atoms with Crippen LogP contribution in [0.15, 0.2) is 33.4 Å². The van der Waals surface area contributed by atoms with Gasteiger partial charge in [0, 0.05) is 11.0 Å². The Bertz CT molecular complexity index is 484. The molecule has 0 atom stereocenters. The average molecular weight is 288 g/mol. The molecule has 1 heterocycles. The summed E-state index contributed by atoms with van der Waals surface area (Å²) in [6, 6.07) is 5.52. The third-order valence-electron chi connectivity index (χ3n) is 1.92. The Labute approximate surface area is 100 Å². The number of halogens is 2. The summed E-state index contributed by atoms with van der Waals surface area (Å²) in [4.78, 5) is 4.20. The van der Waals surface area contributed by atoms with Gasteiger partial charge in [-0.3, -0.25) is 0 Å². The van der Waals surface area contributed by atoms with Crippen LogP contribution in [-0.2, 0) is 6.54 Å². The maximum Gasteiger partial charge on any atom is 0.227 e. The summed E-state index contributed by atoms with van der Waals surface area (Å²) in [7, 11) is 0. The van der Waals surface area contributed by atoms with E-state index in [1.54, 1.807) is 6.07 Å². The van der Waals surface area contributed by atoms with Crippen LogP contribution in [0.3, 0.4) is 0 Å². The van der Waals surface area contributed by atoms with Gasteiger partial charge >= 0.3 is 0 Å². The predicted molar refractivity (Wildman–Crippen MR) is 62.5 cm³/mol. The fourth-order valence-electron chi connectivity index (χ4n) is 1.19. The molecule has 0 saturated heterocycles. The molecule has 0 unspecified atom stereocenters. The predicted octanol–water partition coefficient (Wildman–Crippen LogP) is 3.22. The summed E-state index contributed by atoms with van der Waals surface area (Å²) in [5.41, 5.74) is 6.92. The van der Waals surface area contributed by atoms with Gasteiger partial charge in [-0.15, -0.1) is 0 Å². The van der Waals surface area contributed by atoms with Gasteiger partial charge in [-0.25, -0.2) is 4.98 Å². The highest BCUT2D eigenvalue weighted by Crippen LogP contribution is 2.29. The number of nitrogens with zero attached hydrogens (tertiary/aromatic N) is 1. The lowest BCUT2D eigenvalue weighted by Gasteiger charge is -1.99. The lowest BCUT2D eigenvalue weighted by Crippen LogP contribution is -1.95. The number of hydrogen-bond acceptors (Lipinski definition) is 3. The Morgan fingerprint density at radius 2 is 2.27 bits per heavy atom. The number of benzene rings is 1. The molecule has 2 N–H and O–H groups in total. The first-order valence-corrected chi connectivity index (χ1v) is 5.47. The zero-order valence-electron chi connectivity index (χ0n) is 7.71. The van der Waals surface area contributed by atoms with E-state index in [0.29, 0.717) is 23.2 Å². The van der Waals surface area contributed by atoms with Gasteiger partial charge in [-0.05, 0) is 18.2 Å². The minimum Gasteiger partial charge on any atom is -0.444 e. The minimum atomic E-state index is 0.359. The molecule has 0 bridgehead atoms. The molecule has 1 aromatic carbocycles. The Morgan fingerprint density at radius 3 is 2.87 bits per heavy atom. The highest BCUT2D eigenvalue weighted by molar-refractivity contribution is 9.10. The van der Waals surface area contributed by atoms with E-state index >= 15 is 0 Å². The highest BCUT2D eigenvalue weighted by atomic mass is 79.9. The van der Waals surface area contributed by atoms with Crippen molar-refractivity contribution in [1.82, 2.24) is 4.98 Å².